The number of alkyl halides is 3. The third-order valence-corrected chi connectivity index (χ3v) is 4.65. The average Bonchev–Trinajstić information content (AvgIpc) is 2.67. The van der Waals surface area contributed by atoms with Crippen LogP contribution in [0.4, 0.5) is 13.2 Å². The molecule has 0 radical (unpaired) electrons. The molecule has 0 spiro atoms. The maximum absolute atomic E-state index is 12.8. The van der Waals surface area contributed by atoms with Gasteiger partial charge in [-0.25, -0.2) is 0 Å². The van der Waals surface area contributed by atoms with Gasteiger partial charge >= 0.3 is 6.18 Å². The fourth-order valence-corrected chi connectivity index (χ4v) is 3.43. The molecule has 4 nitrogen and oxygen atoms in total. The molecule has 0 unspecified atom stereocenters. The zero-order valence-electron chi connectivity index (χ0n) is 11.8. The lowest BCUT2D eigenvalue weighted by Gasteiger charge is -2.29. The summed E-state index contributed by atoms with van der Waals surface area (Å²) in [7, 11) is 1.33. The average molecular weight is 368 g/mol. The highest BCUT2D eigenvalue weighted by molar-refractivity contribution is 9.10. The molecule has 1 aromatic heterocycles. The molecule has 1 aliphatic carbocycles. The van der Waals surface area contributed by atoms with Crippen LogP contribution in [0.1, 0.15) is 48.8 Å². The predicted octanol–water partition coefficient (Wildman–Crippen LogP) is 3.51. The summed E-state index contributed by atoms with van der Waals surface area (Å²) in [5, 5.41) is 6.23. The Labute approximate surface area is 129 Å². The molecule has 118 valence electrons. The van der Waals surface area contributed by atoms with Gasteiger partial charge in [-0.3, -0.25) is 9.48 Å². The number of nitrogens with zero attached hydrogens (tertiary/aromatic N) is 2. The maximum Gasteiger partial charge on any atom is 0.436 e. The second-order valence-corrected chi connectivity index (χ2v) is 6.27. The summed E-state index contributed by atoms with van der Waals surface area (Å²) in [4.78, 5) is 12.3. The first-order valence-corrected chi connectivity index (χ1v) is 7.61. The maximum atomic E-state index is 12.8. The van der Waals surface area contributed by atoms with Gasteiger partial charge in [0.05, 0.1) is 4.47 Å². The minimum Gasteiger partial charge on any atom is -0.348 e. The van der Waals surface area contributed by atoms with Crippen molar-refractivity contribution in [3.63, 3.8) is 0 Å². The first kappa shape index (κ1) is 16.3. The topological polar surface area (TPSA) is 46.9 Å². The summed E-state index contributed by atoms with van der Waals surface area (Å²) in [6, 6.07) is 0.00221. The number of nitrogens with one attached hydrogen (secondary N) is 1. The van der Waals surface area contributed by atoms with Crippen LogP contribution in [0.3, 0.4) is 0 Å². The number of carbonyl (C=O) groups excluding carboxylic acids is 1. The molecular formula is C13H17BrF3N3O. The molecular weight excluding hydrogens is 351 g/mol. The van der Waals surface area contributed by atoms with Crippen molar-refractivity contribution >= 4 is 21.8 Å². The SMILES string of the molecule is C[C@@H]1CCCC[C@@H]1NC(=O)c1c(Br)c(C(F)(F)F)nn1C. The molecule has 0 aliphatic heterocycles. The Morgan fingerprint density at radius 1 is 1.38 bits per heavy atom. The Morgan fingerprint density at radius 3 is 2.52 bits per heavy atom. The molecule has 0 aromatic carbocycles. The highest BCUT2D eigenvalue weighted by atomic mass is 79.9. The highest BCUT2D eigenvalue weighted by Crippen LogP contribution is 2.35. The number of aryl methyl sites for hydroxylation is 1. The lowest BCUT2D eigenvalue weighted by Crippen LogP contribution is -2.41. The van der Waals surface area contributed by atoms with E-state index in [1.165, 1.54) is 7.05 Å². The summed E-state index contributed by atoms with van der Waals surface area (Å²) >= 11 is 2.85. The minimum atomic E-state index is -4.59. The van der Waals surface area contributed by atoms with Crippen LogP contribution in [-0.4, -0.2) is 21.7 Å². The van der Waals surface area contributed by atoms with E-state index >= 15 is 0 Å². The first-order valence-electron chi connectivity index (χ1n) is 6.82. The van der Waals surface area contributed by atoms with Crippen molar-refractivity contribution in [3.8, 4) is 0 Å². The lowest BCUT2D eigenvalue weighted by molar-refractivity contribution is -0.142. The molecule has 1 aromatic rings. The molecule has 0 bridgehead atoms. The summed E-state index contributed by atoms with van der Waals surface area (Å²) in [6.07, 6.45) is -0.566. The molecule has 21 heavy (non-hydrogen) atoms. The quantitative estimate of drug-likeness (QED) is 0.869. The van der Waals surface area contributed by atoms with Gasteiger partial charge in [0, 0.05) is 13.1 Å². The van der Waals surface area contributed by atoms with Gasteiger partial charge < -0.3 is 5.32 Å². The number of rotatable bonds is 2. The Balaban J connectivity index is 2.21. The lowest BCUT2D eigenvalue weighted by atomic mass is 9.86. The van der Waals surface area contributed by atoms with Crippen LogP contribution in [0.2, 0.25) is 0 Å². The number of amides is 1. The van der Waals surface area contributed by atoms with E-state index in [1.54, 1.807) is 0 Å². The van der Waals surface area contributed by atoms with Gasteiger partial charge in [0.15, 0.2) is 5.69 Å². The summed E-state index contributed by atoms with van der Waals surface area (Å²) in [5.74, 6) is -0.192. The van der Waals surface area contributed by atoms with Crippen LogP contribution in [0.5, 0.6) is 0 Å². The molecule has 2 rings (SSSR count). The zero-order chi connectivity index (χ0) is 15.8. The van der Waals surface area contributed by atoms with Gasteiger partial charge in [0.1, 0.15) is 5.69 Å². The van der Waals surface area contributed by atoms with Crippen molar-refractivity contribution in [2.24, 2.45) is 13.0 Å². The third kappa shape index (κ3) is 3.41. The van der Waals surface area contributed by atoms with E-state index in [0.717, 1.165) is 30.4 Å². The second kappa shape index (κ2) is 5.98. The smallest absolute Gasteiger partial charge is 0.348 e. The van der Waals surface area contributed by atoms with Gasteiger partial charge in [-0.2, -0.15) is 18.3 Å². The Hall–Kier alpha value is -1.05. The van der Waals surface area contributed by atoms with Crippen molar-refractivity contribution in [3.05, 3.63) is 15.9 Å². The largest absolute Gasteiger partial charge is 0.436 e. The molecule has 2 atom stereocenters. The fraction of sp³-hybridized carbons (Fsp3) is 0.692. The molecule has 1 aliphatic rings. The standard InChI is InChI=1S/C13H17BrF3N3O/c1-7-5-3-4-6-8(7)18-12(21)10-9(14)11(13(15,16)17)19-20(10)2/h7-8H,3-6H2,1-2H3,(H,18,21)/t7-,8+/m1/s1. The van der Waals surface area contributed by atoms with E-state index < -0.39 is 17.8 Å². The minimum absolute atomic E-state index is 0.00221. The van der Waals surface area contributed by atoms with E-state index in [1.807, 2.05) is 6.92 Å². The Morgan fingerprint density at radius 2 is 2.00 bits per heavy atom. The van der Waals surface area contributed by atoms with Crippen molar-refractivity contribution in [1.82, 2.24) is 15.1 Å². The van der Waals surface area contributed by atoms with Gasteiger partial charge in [-0.1, -0.05) is 19.8 Å². The second-order valence-electron chi connectivity index (χ2n) is 5.47. The monoisotopic (exact) mass is 367 g/mol. The number of halogens is 4. The molecule has 1 heterocycles. The summed E-state index contributed by atoms with van der Waals surface area (Å²) in [5.41, 5.74) is -1.17. The third-order valence-electron chi connectivity index (χ3n) is 3.90. The molecule has 8 heteroatoms. The van der Waals surface area contributed by atoms with E-state index in [9.17, 15) is 18.0 Å². The zero-order valence-corrected chi connectivity index (χ0v) is 13.4. The number of carbonyl (C=O) groups is 1. The van der Waals surface area contributed by atoms with Crippen LogP contribution >= 0.6 is 15.9 Å². The van der Waals surface area contributed by atoms with E-state index in [0.29, 0.717) is 5.92 Å². The first-order chi connectivity index (χ1) is 9.71. The van der Waals surface area contributed by atoms with Gasteiger partial charge in [-0.05, 0) is 34.7 Å². The Kier molecular flexibility index (Phi) is 4.65. The predicted molar refractivity (Wildman–Crippen MR) is 74.8 cm³/mol. The van der Waals surface area contributed by atoms with Crippen molar-refractivity contribution in [2.45, 2.75) is 44.8 Å². The van der Waals surface area contributed by atoms with Crippen LogP contribution in [-0.2, 0) is 13.2 Å². The van der Waals surface area contributed by atoms with Crippen LogP contribution in [0, 0.1) is 5.92 Å². The number of hydrogen-bond acceptors (Lipinski definition) is 2. The van der Waals surface area contributed by atoms with E-state index in [4.69, 9.17) is 0 Å². The van der Waals surface area contributed by atoms with Crippen LogP contribution in [0.15, 0.2) is 4.47 Å². The number of hydrogen-bond donors (Lipinski definition) is 1. The van der Waals surface area contributed by atoms with Gasteiger partial charge in [0.2, 0.25) is 0 Å². The van der Waals surface area contributed by atoms with Crippen molar-refractivity contribution in [2.75, 3.05) is 0 Å². The van der Waals surface area contributed by atoms with E-state index in [-0.39, 0.29) is 16.2 Å². The highest BCUT2D eigenvalue weighted by Gasteiger charge is 2.39. The molecule has 0 saturated heterocycles. The molecule has 1 saturated carbocycles. The van der Waals surface area contributed by atoms with E-state index in [2.05, 4.69) is 26.3 Å². The number of aromatic nitrogens is 2. The summed E-state index contributed by atoms with van der Waals surface area (Å²) < 4.78 is 39.0. The fourth-order valence-electron chi connectivity index (χ4n) is 2.69. The van der Waals surface area contributed by atoms with Crippen LogP contribution < -0.4 is 5.32 Å². The van der Waals surface area contributed by atoms with Crippen molar-refractivity contribution < 1.29 is 18.0 Å². The van der Waals surface area contributed by atoms with Crippen molar-refractivity contribution in [1.29, 1.82) is 0 Å². The molecule has 1 N–H and O–H groups in total. The summed E-state index contributed by atoms with van der Waals surface area (Å²) in [6.45, 7) is 2.05. The van der Waals surface area contributed by atoms with Crippen LogP contribution in [0.25, 0.3) is 0 Å². The molecule has 1 amide bonds. The Bertz CT molecular complexity index is 541. The van der Waals surface area contributed by atoms with Gasteiger partial charge in [-0.15, -0.1) is 0 Å². The normalized spacial score (nSPS) is 23.1. The molecule has 1 fully saturated rings. The van der Waals surface area contributed by atoms with Gasteiger partial charge in [0.25, 0.3) is 5.91 Å².